The zero-order valence-corrected chi connectivity index (χ0v) is 10.5. The number of aromatic nitrogens is 1. The van der Waals surface area contributed by atoms with E-state index in [1.807, 2.05) is 0 Å². The first-order valence-corrected chi connectivity index (χ1v) is 4.54. The molecule has 0 spiro atoms. The Kier molecular flexibility index (Phi) is 8.65. The number of ether oxygens (including phenoxy) is 1. The molecule has 0 aliphatic carbocycles. The molecule has 1 rings (SSSR count). The van der Waals surface area contributed by atoms with Gasteiger partial charge >= 0.3 is 5.97 Å². The van der Waals surface area contributed by atoms with Gasteiger partial charge < -0.3 is 16.2 Å². The third-order valence-corrected chi connectivity index (χ3v) is 2.23. The molecule has 0 saturated carbocycles. The van der Waals surface area contributed by atoms with Crippen molar-refractivity contribution in [3.63, 3.8) is 0 Å². The third kappa shape index (κ3) is 5.17. The van der Waals surface area contributed by atoms with Crippen LogP contribution in [0, 0.1) is 0 Å². The molecule has 0 aliphatic heterocycles. The fourth-order valence-electron chi connectivity index (χ4n) is 0.876. The number of thiazole rings is 1. The Morgan fingerprint density at radius 2 is 2.27 bits per heavy atom. The Bertz CT molecular complexity index is 308. The van der Waals surface area contributed by atoms with Crippen molar-refractivity contribution in [2.75, 3.05) is 12.8 Å². The maximum atomic E-state index is 10.9. The Labute approximate surface area is 104 Å². The van der Waals surface area contributed by atoms with Crippen molar-refractivity contribution in [2.45, 2.75) is 12.5 Å². The molecule has 8 heteroatoms. The van der Waals surface area contributed by atoms with E-state index < -0.39 is 12.0 Å². The third-order valence-electron chi connectivity index (χ3n) is 1.50. The minimum absolute atomic E-state index is 0. The molecule has 0 amide bonds. The highest BCUT2D eigenvalue weighted by Gasteiger charge is 2.15. The Morgan fingerprint density at radius 1 is 1.67 bits per heavy atom. The number of nitrogens with zero attached hydrogens (tertiary/aromatic N) is 1. The lowest BCUT2D eigenvalue weighted by atomic mass is 10.2. The summed E-state index contributed by atoms with van der Waals surface area (Å²) in [6, 6.07) is -0.661. The van der Waals surface area contributed by atoms with Crippen LogP contribution in [0.4, 0.5) is 5.13 Å². The number of hydrogen-bond donors (Lipinski definition) is 2. The second kappa shape index (κ2) is 7.70. The number of methoxy groups -OCH3 is 1. The molecule has 1 heterocycles. The van der Waals surface area contributed by atoms with Gasteiger partial charge in [0.2, 0.25) is 0 Å². The van der Waals surface area contributed by atoms with Crippen molar-refractivity contribution >= 4 is 47.3 Å². The smallest absolute Gasteiger partial charge is 0.323 e. The van der Waals surface area contributed by atoms with Crippen molar-refractivity contribution in [1.29, 1.82) is 0 Å². The summed E-state index contributed by atoms with van der Waals surface area (Å²) < 4.78 is 4.47. The first kappa shape index (κ1) is 16.9. The molecule has 0 unspecified atom stereocenters. The fourth-order valence-corrected chi connectivity index (χ4v) is 1.45. The van der Waals surface area contributed by atoms with Gasteiger partial charge in [0.15, 0.2) is 5.13 Å². The van der Waals surface area contributed by atoms with E-state index in [0.29, 0.717) is 11.6 Å². The van der Waals surface area contributed by atoms with Crippen LogP contribution in [0.2, 0.25) is 0 Å². The molecular formula is C7H13Cl2N3O2S. The predicted molar refractivity (Wildman–Crippen MR) is 64.7 cm³/mol. The van der Waals surface area contributed by atoms with Gasteiger partial charge in [0.05, 0.1) is 12.8 Å². The van der Waals surface area contributed by atoms with E-state index in [0.717, 1.165) is 5.69 Å². The van der Waals surface area contributed by atoms with E-state index >= 15 is 0 Å². The van der Waals surface area contributed by atoms with Gasteiger partial charge in [-0.25, -0.2) is 4.98 Å². The lowest BCUT2D eigenvalue weighted by Gasteiger charge is -2.05. The van der Waals surface area contributed by atoms with Gasteiger partial charge in [0.25, 0.3) is 0 Å². The summed E-state index contributed by atoms with van der Waals surface area (Å²) in [7, 11) is 1.30. The monoisotopic (exact) mass is 273 g/mol. The first-order valence-electron chi connectivity index (χ1n) is 3.66. The van der Waals surface area contributed by atoms with Crippen LogP contribution in [0.1, 0.15) is 5.69 Å². The average Bonchev–Trinajstić information content (AvgIpc) is 2.49. The number of nitrogens with two attached hydrogens (primary N) is 2. The van der Waals surface area contributed by atoms with Crippen molar-refractivity contribution in [1.82, 2.24) is 4.98 Å². The quantitative estimate of drug-likeness (QED) is 0.788. The lowest BCUT2D eigenvalue weighted by Crippen LogP contribution is -2.33. The van der Waals surface area contributed by atoms with Crippen LogP contribution < -0.4 is 11.5 Å². The fraction of sp³-hybridized carbons (Fsp3) is 0.429. The number of carbonyl (C=O) groups excluding carboxylic acids is 1. The molecule has 5 nitrogen and oxygen atoms in total. The number of esters is 1. The van der Waals surface area contributed by atoms with Crippen LogP contribution in [-0.2, 0) is 16.0 Å². The van der Waals surface area contributed by atoms with Gasteiger partial charge in [0.1, 0.15) is 6.04 Å². The second-order valence-electron chi connectivity index (χ2n) is 2.51. The molecule has 0 fully saturated rings. The lowest BCUT2D eigenvalue weighted by molar-refractivity contribution is -0.142. The number of halogens is 2. The van der Waals surface area contributed by atoms with Crippen molar-refractivity contribution in [2.24, 2.45) is 5.73 Å². The van der Waals surface area contributed by atoms with E-state index in [1.165, 1.54) is 18.4 Å². The van der Waals surface area contributed by atoms with E-state index in [4.69, 9.17) is 11.5 Å². The van der Waals surface area contributed by atoms with Gasteiger partial charge in [-0.1, -0.05) is 0 Å². The summed E-state index contributed by atoms with van der Waals surface area (Å²) in [5, 5.41) is 2.25. The summed E-state index contributed by atoms with van der Waals surface area (Å²) in [6.45, 7) is 0. The molecule has 1 atom stereocenters. The van der Waals surface area contributed by atoms with Crippen LogP contribution >= 0.6 is 36.2 Å². The zero-order valence-electron chi connectivity index (χ0n) is 8.00. The van der Waals surface area contributed by atoms with Gasteiger partial charge in [0, 0.05) is 11.8 Å². The summed E-state index contributed by atoms with van der Waals surface area (Å²) in [5.74, 6) is -0.438. The number of anilines is 1. The van der Waals surface area contributed by atoms with Crippen molar-refractivity contribution in [3.05, 3.63) is 11.1 Å². The normalized spacial score (nSPS) is 10.8. The summed E-state index contributed by atoms with van der Waals surface area (Å²) >= 11 is 1.32. The molecule has 1 aromatic heterocycles. The Morgan fingerprint density at radius 3 is 2.67 bits per heavy atom. The molecule has 0 aromatic carbocycles. The molecule has 0 aliphatic rings. The molecule has 4 N–H and O–H groups in total. The molecule has 88 valence electrons. The maximum absolute atomic E-state index is 10.9. The number of hydrogen-bond acceptors (Lipinski definition) is 6. The molecule has 1 aromatic rings. The summed E-state index contributed by atoms with van der Waals surface area (Å²) in [5.41, 5.74) is 11.7. The van der Waals surface area contributed by atoms with Gasteiger partial charge in [-0.2, -0.15) is 0 Å². The van der Waals surface area contributed by atoms with Crippen LogP contribution in [0.15, 0.2) is 5.38 Å². The largest absolute Gasteiger partial charge is 0.468 e. The number of nitrogen functional groups attached to an aromatic ring is 1. The zero-order chi connectivity index (χ0) is 9.84. The molecule has 0 saturated heterocycles. The summed E-state index contributed by atoms with van der Waals surface area (Å²) in [4.78, 5) is 14.9. The van der Waals surface area contributed by atoms with Crippen LogP contribution in [0.5, 0.6) is 0 Å². The van der Waals surface area contributed by atoms with Crippen molar-refractivity contribution in [3.8, 4) is 0 Å². The van der Waals surface area contributed by atoms with E-state index in [-0.39, 0.29) is 24.8 Å². The molecule has 0 bridgehead atoms. The molecule has 0 radical (unpaired) electrons. The SMILES string of the molecule is COC(=O)[C@@H](N)Cc1csc(N)n1.Cl.Cl. The van der Waals surface area contributed by atoms with Gasteiger partial charge in [-0.3, -0.25) is 4.79 Å². The maximum Gasteiger partial charge on any atom is 0.323 e. The van der Waals surface area contributed by atoms with E-state index in [1.54, 1.807) is 5.38 Å². The highest BCUT2D eigenvalue weighted by atomic mass is 35.5. The average molecular weight is 274 g/mol. The van der Waals surface area contributed by atoms with Crippen LogP contribution in [0.3, 0.4) is 0 Å². The van der Waals surface area contributed by atoms with Crippen LogP contribution in [0.25, 0.3) is 0 Å². The summed E-state index contributed by atoms with van der Waals surface area (Å²) in [6.07, 6.45) is 0.361. The molecular weight excluding hydrogens is 261 g/mol. The van der Waals surface area contributed by atoms with Crippen molar-refractivity contribution < 1.29 is 9.53 Å². The first-order chi connectivity index (χ1) is 6.13. The predicted octanol–water partition coefficient (Wildman–Crippen LogP) is 0.612. The van der Waals surface area contributed by atoms with E-state index in [2.05, 4.69) is 9.72 Å². The van der Waals surface area contributed by atoms with Crippen LogP contribution in [-0.4, -0.2) is 24.1 Å². The van der Waals surface area contributed by atoms with Gasteiger partial charge in [-0.05, 0) is 0 Å². The minimum atomic E-state index is -0.661. The second-order valence-corrected chi connectivity index (χ2v) is 3.40. The number of carbonyl (C=O) groups is 1. The Hall–Kier alpha value is -0.560. The van der Waals surface area contributed by atoms with E-state index in [9.17, 15) is 4.79 Å². The highest BCUT2D eigenvalue weighted by Crippen LogP contribution is 2.12. The highest BCUT2D eigenvalue weighted by molar-refractivity contribution is 7.13. The molecule has 15 heavy (non-hydrogen) atoms. The number of rotatable bonds is 3. The Balaban J connectivity index is 0. The standard InChI is InChI=1S/C7H11N3O2S.2ClH/c1-12-6(11)5(8)2-4-3-13-7(9)10-4;;/h3,5H,2,8H2,1H3,(H2,9,10);2*1H/t5-;;/m0../s1. The van der Waals surface area contributed by atoms with Gasteiger partial charge in [-0.15, -0.1) is 36.2 Å². The minimum Gasteiger partial charge on any atom is -0.468 e. The topological polar surface area (TPSA) is 91.2 Å².